The Kier molecular flexibility index (Phi) is 8.24. The number of aliphatic imine (C=N–C) groups is 1. The summed E-state index contributed by atoms with van der Waals surface area (Å²) in [6.45, 7) is 0.581. The average molecular weight is 687 g/mol. The monoisotopic (exact) mass is 686 g/mol. The third-order valence-electron chi connectivity index (χ3n) is 9.50. The minimum atomic E-state index is 0.581. The van der Waals surface area contributed by atoms with Gasteiger partial charge in [0.25, 0.3) is 0 Å². The molecule has 0 amide bonds. The molecule has 0 saturated heterocycles. The van der Waals surface area contributed by atoms with Gasteiger partial charge in [0, 0.05) is 27.7 Å². The molecule has 0 spiro atoms. The summed E-state index contributed by atoms with van der Waals surface area (Å²) >= 11 is 1.74. The molecule has 2 aromatic heterocycles. The quantitative estimate of drug-likeness (QED) is 0.162. The van der Waals surface area contributed by atoms with E-state index in [9.17, 15) is 0 Å². The Labute approximate surface area is 306 Å². The lowest BCUT2D eigenvalue weighted by molar-refractivity contribution is 1.07. The molecule has 2 N–H and O–H groups in total. The molecule has 4 nitrogen and oxygen atoms in total. The molecule has 0 aliphatic heterocycles. The lowest BCUT2D eigenvalue weighted by Crippen LogP contribution is -2.04. The van der Waals surface area contributed by atoms with E-state index in [-0.39, 0.29) is 0 Å². The lowest BCUT2D eigenvalue weighted by Gasteiger charge is -2.11. The van der Waals surface area contributed by atoms with Crippen molar-refractivity contribution >= 4 is 54.8 Å². The standard InChI is InChI=1S/C47H34N4S/c48-41(30-43(34-14-5-2-6-15-34)49-31-32-12-3-1-4-13-32)36-17-11-16-35(28-36)33-22-25-38(26-23-33)51-44-20-9-7-18-39(44)40-29-37(24-27-45(40)51)47-50-42-19-8-10-21-46(42)52-47/h1-30H,31,48H2/b41-30-,49-43?. The minimum absolute atomic E-state index is 0.581. The number of fused-ring (bicyclic) bond motifs is 4. The molecule has 0 aliphatic carbocycles. The van der Waals surface area contributed by atoms with Gasteiger partial charge in [0.05, 0.1) is 33.5 Å². The Morgan fingerprint density at radius 2 is 1.29 bits per heavy atom. The largest absolute Gasteiger partial charge is 0.398 e. The molecule has 52 heavy (non-hydrogen) atoms. The van der Waals surface area contributed by atoms with Crippen molar-refractivity contribution in [2.24, 2.45) is 10.7 Å². The fraction of sp³-hybridized carbons (Fsp3) is 0.0213. The normalized spacial score (nSPS) is 12.2. The first-order valence-electron chi connectivity index (χ1n) is 17.4. The van der Waals surface area contributed by atoms with Gasteiger partial charge in [-0.15, -0.1) is 11.3 Å². The summed E-state index contributed by atoms with van der Waals surface area (Å²) in [6.07, 6.45) is 1.99. The summed E-state index contributed by atoms with van der Waals surface area (Å²) in [6, 6.07) is 61.4. The number of hydrogen-bond acceptors (Lipinski definition) is 4. The second-order valence-electron chi connectivity index (χ2n) is 12.9. The van der Waals surface area contributed by atoms with Crippen molar-refractivity contribution in [3.05, 3.63) is 199 Å². The van der Waals surface area contributed by atoms with Crippen molar-refractivity contribution in [2.45, 2.75) is 6.54 Å². The summed E-state index contributed by atoms with van der Waals surface area (Å²) in [4.78, 5) is 9.90. The Morgan fingerprint density at radius 3 is 2.12 bits per heavy atom. The van der Waals surface area contributed by atoms with E-state index in [1.54, 1.807) is 11.3 Å². The van der Waals surface area contributed by atoms with Gasteiger partial charge in [-0.2, -0.15) is 0 Å². The van der Waals surface area contributed by atoms with Crippen LogP contribution < -0.4 is 5.73 Å². The fourth-order valence-electron chi connectivity index (χ4n) is 6.88. The van der Waals surface area contributed by atoms with Crippen LogP contribution in [0.3, 0.4) is 0 Å². The second-order valence-corrected chi connectivity index (χ2v) is 13.9. The van der Waals surface area contributed by atoms with Crippen molar-refractivity contribution in [1.82, 2.24) is 9.55 Å². The van der Waals surface area contributed by atoms with Crippen molar-refractivity contribution < 1.29 is 0 Å². The van der Waals surface area contributed by atoms with Gasteiger partial charge in [0.15, 0.2) is 0 Å². The zero-order valence-corrected chi connectivity index (χ0v) is 29.2. The van der Waals surface area contributed by atoms with Crippen LogP contribution in [-0.4, -0.2) is 15.3 Å². The lowest BCUT2D eigenvalue weighted by atomic mass is 10.00. The molecule has 0 fully saturated rings. The first-order chi connectivity index (χ1) is 25.7. The third kappa shape index (κ3) is 6.08. The SMILES string of the molecule is N/C(=C\C(=NCc1ccccc1)c1ccccc1)c1cccc(-c2ccc(-n3c4ccccc4c4cc(-c5nc6ccccc6s5)ccc43)cc2)c1. The summed E-state index contributed by atoms with van der Waals surface area (Å²) in [5.41, 5.74) is 19.3. The zero-order valence-electron chi connectivity index (χ0n) is 28.4. The van der Waals surface area contributed by atoms with Crippen LogP contribution in [0.25, 0.3) is 65.1 Å². The third-order valence-corrected chi connectivity index (χ3v) is 10.6. The van der Waals surface area contributed by atoms with E-state index in [0.29, 0.717) is 12.2 Å². The molecule has 5 heteroatoms. The van der Waals surface area contributed by atoms with Crippen LogP contribution in [0, 0.1) is 0 Å². The number of nitrogens with two attached hydrogens (primary N) is 1. The Bertz CT molecular complexity index is 2720. The van der Waals surface area contributed by atoms with Crippen LogP contribution in [0.15, 0.2) is 187 Å². The summed E-state index contributed by atoms with van der Waals surface area (Å²) in [5.74, 6) is 0. The summed E-state index contributed by atoms with van der Waals surface area (Å²) < 4.78 is 3.56. The smallest absolute Gasteiger partial charge is 0.124 e. The van der Waals surface area contributed by atoms with Crippen molar-refractivity contribution in [3.63, 3.8) is 0 Å². The van der Waals surface area contributed by atoms with Crippen molar-refractivity contribution in [1.29, 1.82) is 0 Å². The Morgan fingerprint density at radius 1 is 0.596 bits per heavy atom. The van der Waals surface area contributed by atoms with Crippen LogP contribution in [0.1, 0.15) is 16.7 Å². The molecule has 0 aliphatic rings. The van der Waals surface area contributed by atoms with Crippen LogP contribution in [0.4, 0.5) is 0 Å². The zero-order chi connectivity index (χ0) is 34.9. The molecule has 0 atom stereocenters. The highest BCUT2D eigenvalue weighted by atomic mass is 32.1. The maximum absolute atomic E-state index is 6.78. The van der Waals surface area contributed by atoms with Crippen LogP contribution in [0.5, 0.6) is 0 Å². The first kappa shape index (κ1) is 31.4. The van der Waals surface area contributed by atoms with Gasteiger partial charge in [0.2, 0.25) is 0 Å². The minimum Gasteiger partial charge on any atom is -0.398 e. The molecule has 9 aromatic rings. The highest BCUT2D eigenvalue weighted by Gasteiger charge is 2.15. The number of aromatic nitrogens is 2. The summed E-state index contributed by atoms with van der Waals surface area (Å²) in [7, 11) is 0. The highest BCUT2D eigenvalue weighted by molar-refractivity contribution is 7.21. The van der Waals surface area contributed by atoms with Gasteiger partial charge in [0.1, 0.15) is 5.01 Å². The van der Waals surface area contributed by atoms with Crippen LogP contribution >= 0.6 is 11.3 Å². The van der Waals surface area contributed by atoms with E-state index < -0.39 is 0 Å². The van der Waals surface area contributed by atoms with E-state index in [1.165, 1.54) is 26.5 Å². The molecule has 2 heterocycles. The molecule has 0 radical (unpaired) electrons. The first-order valence-corrected chi connectivity index (χ1v) is 18.2. The predicted molar refractivity (Wildman–Crippen MR) is 220 cm³/mol. The van der Waals surface area contributed by atoms with Crippen molar-refractivity contribution in [3.8, 4) is 27.4 Å². The van der Waals surface area contributed by atoms with Gasteiger partial charge in [-0.3, -0.25) is 4.99 Å². The van der Waals surface area contributed by atoms with Gasteiger partial charge >= 0.3 is 0 Å². The number of allylic oxidation sites excluding steroid dienone is 1. The topological polar surface area (TPSA) is 56.2 Å². The van der Waals surface area contributed by atoms with Crippen molar-refractivity contribution in [2.75, 3.05) is 0 Å². The Hall–Kier alpha value is -6.56. The number of para-hydroxylation sites is 2. The average Bonchev–Trinajstić information content (AvgIpc) is 3.80. The highest BCUT2D eigenvalue weighted by Crippen LogP contribution is 2.37. The molecule has 9 rings (SSSR count). The molecular weight excluding hydrogens is 653 g/mol. The Balaban J connectivity index is 1.04. The number of rotatable bonds is 8. The number of benzene rings is 7. The van der Waals surface area contributed by atoms with E-state index in [1.807, 2.05) is 48.5 Å². The molecule has 0 saturated carbocycles. The van der Waals surface area contributed by atoms with E-state index >= 15 is 0 Å². The molecule has 7 aromatic carbocycles. The molecular formula is C47H34N4S. The molecule has 0 bridgehead atoms. The van der Waals surface area contributed by atoms with Crippen LogP contribution in [-0.2, 0) is 6.54 Å². The van der Waals surface area contributed by atoms with E-state index in [4.69, 9.17) is 15.7 Å². The number of thiazole rings is 1. The van der Waals surface area contributed by atoms with E-state index in [2.05, 4.69) is 138 Å². The fourth-order valence-corrected chi connectivity index (χ4v) is 7.84. The maximum Gasteiger partial charge on any atom is 0.124 e. The molecule has 0 unspecified atom stereocenters. The summed E-state index contributed by atoms with van der Waals surface area (Å²) in [5, 5.41) is 3.48. The van der Waals surface area contributed by atoms with Crippen LogP contribution in [0.2, 0.25) is 0 Å². The second kappa shape index (κ2) is 13.6. The predicted octanol–water partition coefficient (Wildman–Crippen LogP) is 11.7. The number of nitrogens with zero attached hydrogens (tertiary/aromatic N) is 3. The van der Waals surface area contributed by atoms with Gasteiger partial charge in [-0.05, 0) is 88.5 Å². The maximum atomic E-state index is 6.78. The van der Waals surface area contributed by atoms with Gasteiger partial charge in [-0.25, -0.2) is 4.98 Å². The van der Waals surface area contributed by atoms with Gasteiger partial charge in [-0.1, -0.05) is 121 Å². The molecule has 248 valence electrons. The van der Waals surface area contributed by atoms with Gasteiger partial charge < -0.3 is 10.3 Å². The number of hydrogen-bond donors (Lipinski definition) is 1. The van der Waals surface area contributed by atoms with E-state index in [0.717, 1.165) is 55.3 Å².